The van der Waals surface area contributed by atoms with Gasteiger partial charge in [-0.1, -0.05) is 50.6 Å². The van der Waals surface area contributed by atoms with Gasteiger partial charge in [0.1, 0.15) is 35.9 Å². The number of ketones is 1. The average Bonchev–Trinajstić information content (AvgIpc) is 1.68. The maximum Gasteiger partial charge on any atom is 0.407 e. The van der Waals surface area contributed by atoms with E-state index in [0.717, 1.165) is 12.7 Å². The summed E-state index contributed by atoms with van der Waals surface area (Å²) in [5.74, 6) is -7.16. The number of esters is 2. The zero-order valence-electron chi connectivity index (χ0n) is 55.7. The molecular weight excluding hydrogens is 1220 g/mol. The minimum absolute atomic E-state index is 0.0676. The van der Waals surface area contributed by atoms with Gasteiger partial charge in [0, 0.05) is 74.0 Å². The zero-order chi connectivity index (χ0) is 67.5. The Balaban J connectivity index is 0.903. The number of allylic oxidation sites excluding steroid dienone is 3. The molecule has 1 spiro atoms. The fourth-order valence-electron chi connectivity index (χ4n) is 17.3. The van der Waals surface area contributed by atoms with Crippen LogP contribution in [0.1, 0.15) is 154 Å². The number of nitrogens with one attached hydrogen (secondary N) is 1. The number of carbonyl (C=O) groups excluding carboxylic acids is 5. The first-order chi connectivity index (χ1) is 43.9. The summed E-state index contributed by atoms with van der Waals surface area (Å²) in [4.78, 5) is 80.6. The summed E-state index contributed by atoms with van der Waals surface area (Å²) in [5, 5.41) is 62.1. The van der Waals surface area contributed by atoms with Crippen LogP contribution in [0, 0.1) is 57.0 Å². The van der Waals surface area contributed by atoms with Crippen LogP contribution in [0.3, 0.4) is 0 Å². The van der Waals surface area contributed by atoms with Crippen LogP contribution >= 0.6 is 0 Å². The number of amides is 1. The van der Waals surface area contributed by atoms with Crippen molar-refractivity contribution in [2.24, 2.45) is 46.8 Å². The van der Waals surface area contributed by atoms with E-state index < -0.39 is 209 Å². The number of nitro groups is 1. The van der Waals surface area contributed by atoms with Gasteiger partial charge in [0.15, 0.2) is 43.2 Å². The molecule has 2 unspecified atom stereocenters. The van der Waals surface area contributed by atoms with Crippen molar-refractivity contribution in [3.05, 3.63) is 56.9 Å². The summed E-state index contributed by atoms with van der Waals surface area (Å²) in [5.41, 5.74) is -4.75. The molecule has 2 bridgehead atoms. The molecule has 6 saturated heterocycles. The quantitative estimate of drug-likeness (QED) is 0.0237. The fourth-order valence-corrected chi connectivity index (χ4v) is 17.3. The van der Waals surface area contributed by atoms with Gasteiger partial charge in [-0.3, -0.25) is 19.7 Å². The van der Waals surface area contributed by atoms with Crippen LogP contribution < -0.4 is 5.32 Å². The molecule has 5 N–H and O–H groups in total. The molecule has 6 heterocycles. The Bertz CT molecular complexity index is 2890. The van der Waals surface area contributed by atoms with Crippen LogP contribution in [0.2, 0.25) is 0 Å². The Kier molecular flexibility index (Phi) is 21.6. The second-order valence-electron chi connectivity index (χ2n) is 28.6. The number of aliphatic hydroxyl groups is 4. The number of Topliss-reactive ketones (excluding diaryl/α,β-unsaturated/α-hetero) is 1. The normalized spacial score (nSPS) is 48.2. The van der Waals surface area contributed by atoms with Gasteiger partial charge in [-0.25, -0.2) is 9.59 Å². The molecule has 10 aliphatic rings. The second kappa shape index (κ2) is 28.3. The lowest BCUT2D eigenvalue weighted by atomic mass is 9.49. The van der Waals surface area contributed by atoms with Crippen LogP contribution in [0.4, 0.5) is 4.79 Å². The van der Waals surface area contributed by atoms with Crippen molar-refractivity contribution < 1.29 is 111 Å². The molecule has 0 aromatic rings. The van der Waals surface area contributed by atoms with E-state index in [1.807, 2.05) is 39.8 Å². The summed E-state index contributed by atoms with van der Waals surface area (Å²) >= 11 is 0. The van der Waals surface area contributed by atoms with Crippen molar-refractivity contribution in [1.29, 1.82) is 0 Å². The van der Waals surface area contributed by atoms with Gasteiger partial charge >= 0.3 is 18.0 Å². The van der Waals surface area contributed by atoms with Crippen molar-refractivity contribution in [3.8, 4) is 0 Å². The number of ether oxygens (including phenoxy) is 13. The number of aldehydes is 1. The van der Waals surface area contributed by atoms with Crippen molar-refractivity contribution in [1.82, 2.24) is 5.32 Å². The van der Waals surface area contributed by atoms with Crippen molar-refractivity contribution in [2.75, 3.05) is 7.11 Å². The molecule has 10 rings (SSSR count). The second-order valence-corrected chi connectivity index (χ2v) is 28.6. The van der Waals surface area contributed by atoms with Gasteiger partial charge in [-0.15, -0.1) is 0 Å². The summed E-state index contributed by atoms with van der Waals surface area (Å²) < 4.78 is 81.6. The summed E-state index contributed by atoms with van der Waals surface area (Å²) in [6.45, 7) is 21.1. The van der Waals surface area contributed by atoms with E-state index in [0.29, 0.717) is 44.0 Å². The molecule has 30 atom stereocenters. The first-order valence-electron chi connectivity index (χ1n) is 33.4. The Morgan fingerprint density at radius 1 is 0.699 bits per heavy atom. The van der Waals surface area contributed by atoms with Crippen LogP contribution in [0.15, 0.2) is 46.8 Å². The highest BCUT2D eigenvalue weighted by molar-refractivity contribution is 6.26. The molecule has 26 nitrogen and oxygen atoms in total. The largest absolute Gasteiger partial charge is 0.511 e. The maximum atomic E-state index is 15.6. The third-order valence-electron chi connectivity index (χ3n) is 22.1. The van der Waals surface area contributed by atoms with E-state index in [1.54, 1.807) is 33.8 Å². The Morgan fingerprint density at radius 2 is 1.33 bits per heavy atom. The van der Waals surface area contributed by atoms with Gasteiger partial charge in [0.25, 0.3) is 0 Å². The molecule has 8 fully saturated rings. The topological polar surface area (TPSA) is 341 Å². The number of alkyl carbamates (subject to hydrolysis) is 1. The smallest absolute Gasteiger partial charge is 0.407 e. The van der Waals surface area contributed by atoms with E-state index in [9.17, 15) is 49.7 Å². The lowest BCUT2D eigenvalue weighted by molar-refractivity contribution is -0.584. The summed E-state index contributed by atoms with van der Waals surface area (Å²) in [6.07, 6.45) is -4.93. The van der Waals surface area contributed by atoms with Crippen LogP contribution in [0.25, 0.3) is 0 Å². The number of rotatable bonds is 14. The number of hydrogen-bond acceptors (Lipinski definition) is 24. The van der Waals surface area contributed by atoms with Gasteiger partial charge < -0.3 is 92.1 Å². The van der Waals surface area contributed by atoms with Gasteiger partial charge in [0.05, 0.1) is 86.6 Å². The molecule has 0 aromatic heterocycles. The number of carbonyl (C=O) groups is 5. The Morgan fingerprint density at radius 3 is 1.99 bits per heavy atom. The highest BCUT2D eigenvalue weighted by Crippen LogP contribution is 2.61. The number of methoxy groups -OCH3 is 1. The SMILES string of the molecule is COC(=O)N[C@H]1[C@@H](C)O[C@@H](O[C@H]2C/C=C(\C)[C@@H]3C=C[C@@H]4[C@@H](O[C@H]5C[C@@H](O[C@H]6CCC(O[C@H]7C[C@@H](O)C(O[C@H]8CC[C@@H](O)[C@H](C)O8)[C@H](C)O7)[C@H](C)O6)[C@@H](OC(C)=O)[C@H](C)O5)[C@H](C)C[C@H](C)[C@H]4[C@]3(C)C(O)=C3C(=O)O[C@]4(C[C@@H](C=O)C[C@H](O)[C@H]4/C=C/2C)C3=O)C[C@]1(C)[N+](=O)[O-]. The molecule has 2 saturated carbocycles. The van der Waals surface area contributed by atoms with E-state index in [4.69, 9.17) is 61.6 Å². The number of aliphatic hydroxyl groups excluding tert-OH is 4. The van der Waals surface area contributed by atoms with Gasteiger partial charge in [-0.2, -0.15) is 0 Å². The van der Waals surface area contributed by atoms with E-state index in [2.05, 4.69) is 25.2 Å². The van der Waals surface area contributed by atoms with Crippen LogP contribution in [-0.4, -0.2) is 197 Å². The predicted molar refractivity (Wildman–Crippen MR) is 325 cm³/mol. The van der Waals surface area contributed by atoms with Crippen molar-refractivity contribution >= 4 is 30.1 Å². The Labute approximate surface area is 543 Å². The molecule has 0 aromatic carbocycles. The van der Waals surface area contributed by atoms with E-state index >= 15 is 4.79 Å². The van der Waals surface area contributed by atoms with E-state index in [1.165, 1.54) is 13.8 Å². The average molecular weight is 1320 g/mol. The van der Waals surface area contributed by atoms with Gasteiger partial charge in [0.2, 0.25) is 11.3 Å². The molecule has 520 valence electrons. The summed E-state index contributed by atoms with van der Waals surface area (Å²) in [6, 6.07) is -1.12. The molecule has 4 aliphatic carbocycles. The maximum absolute atomic E-state index is 15.6. The third-order valence-corrected chi connectivity index (χ3v) is 22.1. The predicted octanol–water partition coefficient (Wildman–Crippen LogP) is 6.44. The highest BCUT2D eigenvalue weighted by atomic mass is 16.8. The Hall–Kier alpha value is -4.81. The monoisotopic (exact) mass is 1310 g/mol. The highest BCUT2D eigenvalue weighted by Gasteiger charge is 2.66. The molecule has 6 aliphatic heterocycles. The van der Waals surface area contributed by atoms with Crippen molar-refractivity contribution in [3.63, 3.8) is 0 Å². The zero-order valence-corrected chi connectivity index (χ0v) is 55.7. The molecule has 93 heavy (non-hydrogen) atoms. The van der Waals surface area contributed by atoms with Crippen molar-refractivity contribution in [2.45, 2.75) is 288 Å². The van der Waals surface area contributed by atoms with E-state index in [-0.39, 0.29) is 50.4 Å². The lowest BCUT2D eigenvalue weighted by Crippen LogP contribution is -2.65. The summed E-state index contributed by atoms with van der Waals surface area (Å²) in [7, 11) is 1.15. The molecular formula is C67H98N2O24. The molecule has 0 radical (unpaired) electrons. The number of fused-ring (bicyclic) bond motifs is 4. The third kappa shape index (κ3) is 14.1. The minimum Gasteiger partial charge on any atom is -0.511 e. The minimum atomic E-state index is -2.13. The lowest BCUT2D eigenvalue weighted by Gasteiger charge is -2.56. The molecule has 26 heteroatoms. The number of nitrogens with zero attached hydrogens (tertiary/aromatic N) is 1. The molecule has 1 amide bonds. The standard InChI is InChI=1S/C67H98N2O24/c1-30-14-18-47(88-54-28-65(11,69(79)80)60(38(9)86-54)68-64(78)81-13)31(2)23-43-45(73)24-40(29-70)27-67(43)62(76)55(63(77)93-67)61(75)66(12)42(30)16-15-41-56(66)32(3)22-33(4)57(41)92-53-26-49(59(37(8)85-53)87-39(10)71)90-50-21-19-48(35(6)83-50)89-52-25-46(74)58(36(7)84-52)91-51-20-17-44(72)34(5)82-51/h14-16,23,29,32-38,40-54,56-60,72-75H,17-22,24-28H2,1-13H3,(H,68,78)/b30-14+,31-23+,61-55?/t32-,33+,34-,35-,36-,37-,38+,40-,41-,42-,43+,44+,45-,46+,47-,48?,49+,50-,51-,52-,53-,54-,56+,57-,58?,59-,60-,65-,66+,67-/m0/s1. The fraction of sp³-hybridized carbons (Fsp3) is 0.806. The van der Waals surface area contributed by atoms with Crippen LogP contribution in [0.5, 0.6) is 0 Å². The van der Waals surface area contributed by atoms with Gasteiger partial charge in [-0.05, 0) is 104 Å². The first-order valence-corrected chi connectivity index (χ1v) is 33.4. The first kappa shape index (κ1) is 71.0. The van der Waals surface area contributed by atoms with Crippen LogP contribution in [-0.2, 0) is 80.8 Å². The number of hydrogen-bond donors (Lipinski definition) is 5.